The molecule has 8 heteroatoms. The molecule has 8 nitrogen and oxygen atoms in total. The lowest BCUT2D eigenvalue weighted by Gasteiger charge is -2.32. The molecule has 2 aromatic rings. The number of carbonyl (C=O) groups is 3. The van der Waals surface area contributed by atoms with Crippen LogP contribution < -0.4 is 15.0 Å². The molecule has 25 heavy (non-hydrogen) atoms. The zero-order chi connectivity index (χ0) is 18.0. The number of rotatable bonds is 4. The maximum atomic E-state index is 12.4. The number of carbonyl (C=O) groups excluding carboxylic acids is 2. The lowest BCUT2D eigenvalue weighted by Crippen LogP contribution is -2.47. The quantitative estimate of drug-likeness (QED) is 0.873. The third-order valence-corrected chi connectivity index (χ3v) is 3.65. The van der Waals surface area contributed by atoms with E-state index < -0.39 is 23.9 Å². The first-order valence-electron chi connectivity index (χ1n) is 7.52. The van der Waals surface area contributed by atoms with Crippen LogP contribution in [0.1, 0.15) is 17.3 Å². The molecule has 1 aliphatic heterocycles. The molecule has 0 saturated heterocycles. The van der Waals surface area contributed by atoms with E-state index in [1.165, 1.54) is 29.3 Å². The number of aromatic carboxylic acids is 1. The number of benzene rings is 1. The zero-order valence-electron chi connectivity index (χ0n) is 13.3. The highest BCUT2D eigenvalue weighted by Crippen LogP contribution is 2.34. The third-order valence-electron chi connectivity index (χ3n) is 3.65. The Hall–Kier alpha value is -3.42. The number of carboxylic acids is 1. The number of ether oxygens (including phenoxy) is 1. The van der Waals surface area contributed by atoms with Crippen molar-refractivity contribution in [2.24, 2.45) is 0 Å². The summed E-state index contributed by atoms with van der Waals surface area (Å²) in [5, 5.41) is 11.7. The molecule has 128 valence electrons. The van der Waals surface area contributed by atoms with Gasteiger partial charge in [-0.05, 0) is 37.3 Å². The summed E-state index contributed by atoms with van der Waals surface area (Å²) in [5.41, 5.74) is 0.249. The van der Waals surface area contributed by atoms with Crippen LogP contribution in [-0.2, 0) is 9.59 Å². The predicted molar refractivity (Wildman–Crippen MR) is 88.7 cm³/mol. The first kappa shape index (κ1) is 16.4. The SMILES string of the molecule is CC1Oc2ccc(C(=O)O)cc2N(CC(=O)Nc2ccccn2)C1=O. The fourth-order valence-corrected chi connectivity index (χ4v) is 2.47. The Morgan fingerprint density at radius 2 is 2.12 bits per heavy atom. The minimum Gasteiger partial charge on any atom is -0.479 e. The minimum atomic E-state index is -1.13. The maximum Gasteiger partial charge on any atom is 0.335 e. The van der Waals surface area contributed by atoms with E-state index in [0.29, 0.717) is 11.6 Å². The first-order chi connectivity index (χ1) is 12.0. The van der Waals surface area contributed by atoms with Crippen LogP contribution in [0.2, 0.25) is 0 Å². The number of hydrogen-bond acceptors (Lipinski definition) is 5. The molecule has 0 radical (unpaired) electrons. The van der Waals surface area contributed by atoms with E-state index in [-0.39, 0.29) is 17.8 Å². The van der Waals surface area contributed by atoms with Crippen molar-refractivity contribution in [1.29, 1.82) is 0 Å². The van der Waals surface area contributed by atoms with Gasteiger partial charge in [0.2, 0.25) is 5.91 Å². The molecule has 1 unspecified atom stereocenters. The molecule has 2 amide bonds. The topological polar surface area (TPSA) is 109 Å². The lowest BCUT2D eigenvalue weighted by atomic mass is 10.1. The van der Waals surface area contributed by atoms with Gasteiger partial charge in [0, 0.05) is 6.20 Å². The number of nitrogens with one attached hydrogen (secondary N) is 1. The normalized spacial score (nSPS) is 16.0. The average molecular weight is 341 g/mol. The van der Waals surface area contributed by atoms with Gasteiger partial charge in [0.1, 0.15) is 18.1 Å². The van der Waals surface area contributed by atoms with Crippen LogP contribution in [0.15, 0.2) is 42.6 Å². The molecule has 1 aromatic heterocycles. The van der Waals surface area contributed by atoms with E-state index in [2.05, 4.69) is 10.3 Å². The summed E-state index contributed by atoms with van der Waals surface area (Å²) in [6, 6.07) is 9.24. The summed E-state index contributed by atoms with van der Waals surface area (Å²) < 4.78 is 5.48. The van der Waals surface area contributed by atoms with E-state index in [1.807, 2.05) is 0 Å². The molecule has 1 aromatic carbocycles. The van der Waals surface area contributed by atoms with Gasteiger partial charge in [-0.1, -0.05) is 6.07 Å². The van der Waals surface area contributed by atoms with Gasteiger partial charge in [-0.2, -0.15) is 0 Å². The number of carboxylic acid groups (broad SMARTS) is 1. The summed E-state index contributed by atoms with van der Waals surface area (Å²) >= 11 is 0. The van der Waals surface area contributed by atoms with Crippen LogP contribution in [0.5, 0.6) is 5.75 Å². The molecule has 0 bridgehead atoms. The fourth-order valence-electron chi connectivity index (χ4n) is 2.47. The Morgan fingerprint density at radius 3 is 2.80 bits per heavy atom. The Bertz CT molecular complexity index is 837. The summed E-state index contributed by atoms with van der Waals surface area (Å²) in [7, 11) is 0. The van der Waals surface area contributed by atoms with Crippen LogP contribution in [0, 0.1) is 0 Å². The summed E-state index contributed by atoms with van der Waals surface area (Å²) in [4.78, 5) is 41.1. The molecule has 1 aliphatic rings. The number of nitrogens with zero attached hydrogens (tertiary/aromatic N) is 2. The number of aromatic nitrogens is 1. The van der Waals surface area contributed by atoms with Gasteiger partial charge < -0.3 is 15.2 Å². The van der Waals surface area contributed by atoms with Crippen molar-refractivity contribution < 1.29 is 24.2 Å². The third kappa shape index (κ3) is 3.42. The van der Waals surface area contributed by atoms with Crippen LogP contribution in [0.3, 0.4) is 0 Å². The predicted octanol–water partition coefficient (Wildman–Crippen LogP) is 1.53. The number of anilines is 2. The van der Waals surface area contributed by atoms with Crippen LogP contribution in [0.25, 0.3) is 0 Å². The number of pyridine rings is 1. The number of hydrogen-bond donors (Lipinski definition) is 2. The summed E-state index contributed by atoms with van der Waals surface area (Å²) in [6.07, 6.45) is 0.761. The lowest BCUT2D eigenvalue weighted by molar-refractivity contribution is -0.127. The summed E-state index contributed by atoms with van der Waals surface area (Å²) in [5.74, 6) is -1.30. The molecular weight excluding hydrogens is 326 g/mol. The van der Waals surface area contributed by atoms with Crippen molar-refractivity contribution in [3.8, 4) is 5.75 Å². The molecule has 0 spiro atoms. The van der Waals surface area contributed by atoms with Gasteiger partial charge in [0.05, 0.1) is 11.3 Å². The van der Waals surface area contributed by atoms with Crippen LogP contribution in [-0.4, -0.2) is 40.5 Å². The van der Waals surface area contributed by atoms with E-state index in [0.717, 1.165) is 0 Å². The Balaban J connectivity index is 1.87. The minimum absolute atomic E-state index is 0.000151. The highest BCUT2D eigenvalue weighted by atomic mass is 16.5. The molecular formula is C17H15N3O5. The largest absolute Gasteiger partial charge is 0.479 e. The van der Waals surface area contributed by atoms with Crippen molar-refractivity contribution in [3.05, 3.63) is 48.2 Å². The Morgan fingerprint density at radius 1 is 1.32 bits per heavy atom. The first-order valence-corrected chi connectivity index (χ1v) is 7.52. The Labute approximate surface area is 143 Å². The van der Waals surface area contributed by atoms with Gasteiger partial charge in [-0.25, -0.2) is 9.78 Å². The van der Waals surface area contributed by atoms with E-state index in [4.69, 9.17) is 9.84 Å². The van der Waals surface area contributed by atoms with Crippen molar-refractivity contribution >= 4 is 29.3 Å². The van der Waals surface area contributed by atoms with E-state index >= 15 is 0 Å². The van der Waals surface area contributed by atoms with Crippen molar-refractivity contribution in [2.45, 2.75) is 13.0 Å². The molecule has 0 fully saturated rings. The monoisotopic (exact) mass is 341 g/mol. The molecule has 0 aliphatic carbocycles. The van der Waals surface area contributed by atoms with E-state index in [1.54, 1.807) is 25.1 Å². The number of fused-ring (bicyclic) bond motifs is 1. The molecule has 1 atom stereocenters. The highest BCUT2D eigenvalue weighted by Gasteiger charge is 2.33. The molecule has 3 rings (SSSR count). The zero-order valence-corrected chi connectivity index (χ0v) is 13.3. The van der Waals surface area contributed by atoms with Crippen molar-refractivity contribution in [1.82, 2.24) is 4.98 Å². The van der Waals surface area contributed by atoms with E-state index in [9.17, 15) is 14.4 Å². The maximum absolute atomic E-state index is 12.4. The van der Waals surface area contributed by atoms with Gasteiger partial charge in [0.25, 0.3) is 5.91 Å². The van der Waals surface area contributed by atoms with Gasteiger partial charge in [-0.15, -0.1) is 0 Å². The second-order valence-electron chi connectivity index (χ2n) is 5.44. The van der Waals surface area contributed by atoms with Crippen LogP contribution >= 0.6 is 0 Å². The molecule has 2 N–H and O–H groups in total. The fraction of sp³-hybridized carbons (Fsp3) is 0.176. The molecule has 2 heterocycles. The van der Waals surface area contributed by atoms with Crippen molar-refractivity contribution in [2.75, 3.05) is 16.8 Å². The number of amides is 2. The Kier molecular flexibility index (Phi) is 4.34. The van der Waals surface area contributed by atoms with Gasteiger partial charge >= 0.3 is 5.97 Å². The average Bonchev–Trinajstić information content (AvgIpc) is 2.59. The van der Waals surface area contributed by atoms with Crippen molar-refractivity contribution in [3.63, 3.8) is 0 Å². The highest BCUT2D eigenvalue weighted by molar-refractivity contribution is 6.06. The second kappa shape index (κ2) is 6.60. The second-order valence-corrected chi connectivity index (χ2v) is 5.44. The summed E-state index contributed by atoms with van der Waals surface area (Å²) in [6.45, 7) is 1.29. The standard InChI is InChI=1S/C17H15N3O5/c1-10-16(22)20(9-15(21)19-14-4-2-3-7-18-14)12-8-11(17(23)24)5-6-13(12)25-10/h2-8,10H,9H2,1H3,(H,23,24)(H,18,19,21). The van der Waals surface area contributed by atoms with Gasteiger partial charge in [0.15, 0.2) is 6.10 Å². The van der Waals surface area contributed by atoms with Crippen LogP contribution in [0.4, 0.5) is 11.5 Å². The smallest absolute Gasteiger partial charge is 0.335 e. The molecule has 0 saturated carbocycles. The van der Waals surface area contributed by atoms with Gasteiger partial charge in [-0.3, -0.25) is 14.5 Å².